The fraction of sp³-hybridized carbons (Fsp3) is 0.632. The maximum atomic E-state index is 13.4. The summed E-state index contributed by atoms with van der Waals surface area (Å²) < 4.78 is 7.28. The lowest BCUT2D eigenvalue weighted by atomic mass is 10.0. The van der Waals surface area contributed by atoms with Crippen LogP contribution in [0.4, 0.5) is 0 Å². The minimum atomic E-state index is 0.0970. The lowest BCUT2D eigenvalue weighted by Gasteiger charge is -2.24. The molecule has 134 valence electrons. The van der Waals surface area contributed by atoms with E-state index in [1.54, 1.807) is 4.68 Å². The number of fused-ring (bicyclic) bond motifs is 1. The Balaban J connectivity index is 1.73. The van der Waals surface area contributed by atoms with Crippen LogP contribution in [-0.2, 0) is 11.8 Å². The monoisotopic (exact) mass is 342 g/mol. The number of hydrogen-bond donors (Lipinski definition) is 0. The quantitative estimate of drug-likeness (QED) is 0.838. The van der Waals surface area contributed by atoms with E-state index in [9.17, 15) is 4.79 Å². The van der Waals surface area contributed by atoms with Crippen LogP contribution in [0.1, 0.15) is 53.8 Å². The largest absolute Gasteiger partial charge is 0.381 e. The van der Waals surface area contributed by atoms with E-state index < -0.39 is 0 Å². The fourth-order valence-electron chi connectivity index (χ4n) is 3.79. The van der Waals surface area contributed by atoms with Crippen molar-refractivity contribution in [3.8, 4) is 0 Å². The second-order valence-electron chi connectivity index (χ2n) is 7.35. The molecule has 1 aliphatic heterocycles. The molecule has 6 nitrogen and oxygen atoms in total. The van der Waals surface area contributed by atoms with Gasteiger partial charge in [0, 0.05) is 44.3 Å². The summed E-state index contributed by atoms with van der Waals surface area (Å²) in [7, 11) is 1.90. The Hall–Kier alpha value is -1.95. The predicted octanol–water partition coefficient (Wildman–Crippen LogP) is 2.65. The summed E-state index contributed by atoms with van der Waals surface area (Å²) in [5.74, 6) is 1.04. The molecule has 1 aliphatic carbocycles. The van der Waals surface area contributed by atoms with Gasteiger partial charge in [0.25, 0.3) is 5.91 Å². The Morgan fingerprint density at radius 3 is 2.84 bits per heavy atom. The van der Waals surface area contributed by atoms with E-state index in [1.165, 1.54) is 12.8 Å². The van der Waals surface area contributed by atoms with Crippen molar-refractivity contribution in [2.75, 3.05) is 26.3 Å². The van der Waals surface area contributed by atoms with Gasteiger partial charge < -0.3 is 9.64 Å². The average molecular weight is 342 g/mol. The summed E-state index contributed by atoms with van der Waals surface area (Å²) >= 11 is 0. The van der Waals surface area contributed by atoms with Crippen molar-refractivity contribution in [1.29, 1.82) is 0 Å². The van der Waals surface area contributed by atoms with E-state index in [4.69, 9.17) is 9.72 Å². The van der Waals surface area contributed by atoms with Gasteiger partial charge in [-0.05, 0) is 39.2 Å². The number of carbonyl (C=O) groups excluding carboxylic acids is 1. The van der Waals surface area contributed by atoms with Gasteiger partial charge in [0.05, 0.1) is 23.3 Å². The van der Waals surface area contributed by atoms with Crippen LogP contribution in [0.25, 0.3) is 11.0 Å². The first kappa shape index (κ1) is 16.5. The average Bonchev–Trinajstić information content (AvgIpc) is 3.26. The summed E-state index contributed by atoms with van der Waals surface area (Å²) in [6.45, 7) is 7.04. The Labute approximate surface area is 148 Å². The zero-order valence-electron chi connectivity index (χ0n) is 15.3. The number of hydrogen-bond acceptors (Lipinski definition) is 4. The number of rotatable bonds is 5. The van der Waals surface area contributed by atoms with Gasteiger partial charge in [0.2, 0.25) is 0 Å². The number of amides is 1. The Kier molecular flexibility index (Phi) is 4.23. The number of pyridine rings is 1. The molecule has 6 heteroatoms. The SMILES string of the molecule is CCN(C[C@@H]1CCOC1)C(=O)c1cc(C2CC2)nc2c1c(C)nn2C. The van der Waals surface area contributed by atoms with Gasteiger partial charge in [-0.2, -0.15) is 5.10 Å². The van der Waals surface area contributed by atoms with Gasteiger partial charge in [0.15, 0.2) is 5.65 Å². The summed E-state index contributed by atoms with van der Waals surface area (Å²) in [6.07, 6.45) is 3.37. The Morgan fingerprint density at radius 1 is 1.40 bits per heavy atom. The third-order valence-electron chi connectivity index (χ3n) is 5.39. The topological polar surface area (TPSA) is 60.2 Å². The predicted molar refractivity (Wildman–Crippen MR) is 95.7 cm³/mol. The molecule has 1 saturated carbocycles. The Morgan fingerprint density at radius 2 is 2.20 bits per heavy atom. The second kappa shape index (κ2) is 6.41. The molecular formula is C19H26N4O2. The maximum absolute atomic E-state index is 13.4. The van der Waals surface area contributed by atoms with Gasteiger partial charge in [-0.3, -0.25) is 9.48 Å². The van der Waals surface area contributed by atoms with E-state index in [0.29, 0.717) is 18.4 Å². The van der Waals surface area contributed by atoms with Crippen molar-refractivity contribution in [3.05, 3.63) is 23.0 Å². The van der Waals surface area contributed by atoms with Crippen LogP contribution in [0.3, 0.4) is 0 Å². The van der Waals surface area contributed by atoms with Crippen LogP contribution < -0.4 is 0 Å². The molecule has 0 radical (unpaired) electrons. The highest BCUT2D eigenvalue weighted by Crippen LogP contribution is 2.40. The first-order valence-corrected chi connectivity index (χ1v) is 9.29. The molecule has 0 unspecified atom stereocenters. The number of nitrogens with zero attached hydrogens (tertiary/aromatic N) is 4. The van der Waals surface area contributed by atoms with Gasteiger partial charge >= 0.3 is 0 Å². The fourth-order valence-corrected chi connectivity index (χ4v) is 3.79. The normalized spacial score (nSPS) is 20.4. The zero-order valence-corrected chi connectivity index (χ0v) is 15.3. The molecule has 2 fully saturated rings. The lowest BCUT2D eigenvalue weighted by molar-refractivity contribution is 0.0732. The maximum Gasteiger partial charge on any atom is 0.254 e. The summed E-state index contributed by atoms with van der Waals surface area (Å²) in [4.78, 5) is 20.1. The molecule has 0 bridgehead atoms. The van der Waals surface area contributed by atoms with Crippen LogP contribution >= 0.6 is 0 Å². The Bertz CT molecular complexity index is 803. The third-order valence-corrected chi connectivity index (χ3v) is 5.39. The number of aromatic nitrogens is 3. The lowest BCUT2D eigenvalue weighted by Crippen LogP contribution is -2.35. The zero-order chi connectivity index (χ0) is 17.6. The first-order chi connectivity index (χ1) is 12.1. The highest BCUT2D eigenvalue weighted by molar-refractivity contribution is 6.06. The molecule has 2 aromatic heterocycles. The molecular weight excluding hydrogens is 316 g/mol. The highest BCUT2D eigenvalue weighted by Gasteiger charge is 2.30. The van der Waals surface area contributed by atoms with Crippen molar-refractivity contribution < 1.29 is 9.53 Å². The molecule has 4 rings (SSSR count). The number of ether oxygens (including phenoxy) is 1. The summed E-state index contributed by atoms with van der Waals surface area (Å²) in [6, 6.07) is 2.02. The third kappa shape index (κ3) is 3.03. The second-order valence-corrected chi connectivity index (χ2v) is 7.35. The van der Waals surface area contributed by atoms with E-state index in [2.05, 4.69) is 5.10 Å². The molecule has 25 heavy (non-hydrogen) atoms. The minimum absolute atomic E-state index is 0.0970. The van der Waals surface area contributed by atoms with E-state index in [1.807, 2.05) is 31.9 Å². The van der Waals surface area contributed by atoms with Crippen LogP contribution in [-0.4, -0.2) is 51.9 Å². The molecule has 1 atom stereocenters. The summed E-state index contributed by atoms with van der Waals surface area (Å²) in [5.41, 5.74) is 3.50. The van der Waals surface area contributed by atoms with Crippen LogP contribution in [0.2, 0.25) is 0 Å². The van der Waals surface area contributed by atoms with Crippen LogP contribution in [0.15, 0.2) is 6.07 Å². The van der Waals surface area contributed by atoms with Crippen LogP contribution in [0, 0.1) is 12.8 Å². The summed E-state index contributed by atoms with van der Waals surface area (Å²) in [5, 5.41) is 5.41. The molecule has 1 amide bonds. The van der Waals surface area contributed by atoms with Crippen LogP contribution in [0.5, 0.6) is 0 Å². The molecule has 0 N–H and O–H groups in total. The highest BCUT2D eigenvalue weighted by atomic mass is 16.5. The first-order valence-electron chi connectivity index (χ1n) is 9.29. The van der Waals surface area contributed by atoms with Crippen molar-refractivity contribution >= 4 is 16.9 Å². The van der Waals surface area contributed by atoms with E-state index in [0.717, 1.165) is 54.2 Å². The number of aryl methyl sites for hydroxylation is 2. The molecule has 1 saturated heterocycles. The van der Waals surface area contributed by atoms with Gasteiger partial charge in [-0.15, -0.1) is 0 Å². The van der Waals surface area contributed by atoms with Gasteiger partial charge in [-0.25, -0.2) is 4.98 Å². The standard InChI is InChI=1S/C19H26N4O2/c1-4-23(10-13-7-8-25-11-13)19(24)15-9-16(14-5-6-14)20-18-17(15)12(2)21-22(18)3/h9,13-14H,4-8,10-11H2,1-3H3/t13-/m0/s1. The van der Waals surface area contributed by atoms with Gasteiger partial charge in [0.1, 0.15) is 0 Å². The van der Waals surface area contributed by atoms with Crippen molar-refractivity contribution in [2.45, 2.75) is 39.0 Å². The number of carbonyl (C=O) groups is 1. The molecule has 3 heterocycles. The van der Waals surface area contributed by atoms with Crippen molar-refractivity contribution in [3.63, 3.8) is 0 Å². The van der Waals surface area contributed by atoms with Crippen molar-refractivity contribution in [1.82, 2.24) is 19.7 Å². The van der Waals surface area contributed by atoms with E-state index in [-0.39, 0.29) is 5.91 Å². The molecule has 2 aromatic rings. The van der Waals surface area contributed by atoms with Crippen molar-refractivity contribution in [2.24, 2.45) is 13.0 Å². The molecule has 0 aromatic carbocycles. The molecule has 2 aliphatic rings. The molecule has 0 spiro atoms. The van der Waals surface area contributed by atoms with Gasteiger partial charge in [-0.1, -0.05) is 0 Å². The minimum Gasteiger partial charge on any atom is -0.381 e. The smallest absolute Gasteiger partial charge is 0.254 e. The van der Waals surface area contributed by atoms with E-state index >= 15 is 0 Å².